The maximum absolute atomic E-state index is 12.7. The lowest BCUT2D eigenvalue weighted by Crippen LogP contribution is -2.37. The Bertz CT molecular complexity index is 1380. The van der Waals surface area contributed by atoms with Crippen molar-refractivity contribution in [3.63, 3.8) is 0 Å². The van der Waals surface area contributed by atoms with E-state index in [0.717, 1.165) is 70.6 Å². The van der Waals surface area contributed by atoms with Crippen molar-refractivity contribution in [3.05, 3.63) is 72.9 Å². The summed E-state index contributed by atoms with van der Waals surface area (Å²) in [7, 11) is 1.48. The summed E-state index contributed by atoms with van der Waals surface area (Å²) in [4.78, 5) is 35.3. The van der Waals surface area contributed by atoms with Crippen LogP contribution in [0, 0.1) is 0 Å². The third kappa shape index (κ3) is 52.8. The fourth-order valence-electron chi connectivity index (χ4n) is 7.49. The molecule has 0 saturated heterocycles. The molecule has 0 aliphatic rings. The van der Waals surface area contributed by atoms with Crippen molar-refractivity contribution in [2.75, 3.05) is 47.5 Å². The smallest absolute Gasteiger partial charge is 0.462 e. The summed E-state index contributed by atoms with van der Waals surface area (Å²) in [5.74, 6) is -0.800. The van der Waals surface area contributed by atoms with Crippen LogP contribution < -0.4 is 0 Å². The number of likely N-dealkylation sites (N-methyl/N-ethyl adjacent to an activating group) is 1. The minimum Gasteiger partial charge on any atom is -0.462 e. The number of esters is 2. The number of phosphoric acid groups is 1. The number of hydrogen-bond acceptors (Lipinski definition) is 7. The van der Waals surface area contributed by atoms with Crippen LogP contribution in [0.15, 0.2) is 72.9 Å². The highest BCUT2D eigenvalue weighted by atomic mass is 31.2. The van der Waals surface area contributed by atoms with Gasteiger partial charge in [0, 0.05) is 12.8 Å². The molecule has 0 radical (unpaired) electrons. The number of ether oxygens (including phenoxy) is 2. The van der Waals surface area contributed by atoms with Gasteiger partial charge >= 0.3 is 19.8 Å². The largest absolute Gasteiger partial charge is 0.472 e. The monoisotopic (exact) mass is 975 g/mol. The first-order valence-corrected chi connectivity index (χ1v) is 29.2. The molecule has 0 amide bonds. The zero-order valence-corrected chi connectivity index (χ0v) is 45.5. The van der Waals surface area contributed by atoms with Crippen LogP contribution in [0.3, 0.4) is 0 Å². The van der Waals surface area contributed by atoms with Crippen LogP contribution in [0.5, 0.6) is 0 Å². The van der Waals surface area contributed by atoms with E-state index < -0.39 is 26.5 Å². The second kappa shape index (κ2) is 49.4. The minimum atomic E-state index is -4.37. The molecule has 0 heterocycles. The molecule has 0 fully saturated rings. The number of phosphoric ester groups is 1. The van der Waals surface area contributed by atoms with Gasteiger partial charge in [-0.3, -0.25) is 18.6 Å². The van der Waals surface area contributed by atoms with E-state index in [-0.39, 0.29) is 32.0 Å². The van der Waals surface area contributed by atoms with Gasteiger partial charge in [0.1, 0.15) is 19.8 Å². The van der Waals surface area contributed by atoms with Gasteiger partial charge in [0.25, 0.3) is 0 Å². The van der Waals surface area contributed by atoms with Gasteiger partial charge in [0.2, 0.25) is 0 Å². The van der Waals surface area contributed by atoms with Crippen molar-refractivity contribution < 1.29 is 42.1 Å². The van der Waals surface area contributed by atoms with Crippen LogP contribution in [0.25, 0.3) is 0 Å². The predicted octanol–water partition coefficient (Wildman–Crippen LogP) is 16.9. The van der Waals surface area contributed by atoms with E-state index in [1.54, 1.807) is 0 Å². The van der Waals surface area contributed by atoms with Gasteiger partial charge in [-0.2, -0.15) is 0 Å². The molecular formula is C58H105NO8P+. The quantitative estimate of drug-likeness (QED) is 0.0211. The Labute approximate surface area is 418 Å². The highest BCUT2D eigenvalue weighted by Gasteiger charge is 2.27. The number of hydrogen-bond donors (Lipinski definition) is 1. The summed E-state index contributed by atoms with van der Waals surface area (Å²) in [5.41, 5.74) is 0. The average Bonchev–Trinajstić information content (AvgIpc) is 3.30. The zero-order chi connectivity index (χ0) is 49.9. The van der Waals surface area contributed by atoms with E-state index in [1.807, 2.05) is 21.1 Å². The lowest BCUT2D eigenvalue weighted by molar-refractivity contribution is -0.870. The molecule has 2 atom stereocenters. The van der Waals surface area contributed by atoms with E-state index in [0.29, 0.717) is 17.4 Å². The fourth-order valence-corrected chi connectivity index (χ4v) is 8.23. The molecule has 10 heteroatoms. The molecule has 0 spiro atoms. The SMILES string of the molecule is CC/C=C\C/C=C\C/C=C\C/C=C\C/C=C\C/C=C\CCCCCCCCCCCCCCCCCCCCC(=O)OC(COC(=O)CCCCCCCCC)COP(=O)(O)OCC[N+](C)(C)C. The lowest BCUT2D eigenvalue weighted by atomic mass is 10.0. The molecule has 0 aromatic carbocycles. The summed E-state index contributed by atoms with van der Waals surface area (Å²) in [6.45, 7) is 4.27. The maximum atomic E-state index is 12.7. The number of carbonyl (C=O) groups is 2. The van der Waals surface area contributed by atoms with Crippen molar-refractivity contribution in [1.29, 1.82) is 0 Å². The van der Waals surface area contributed by atoms with Gasteiger partial charge in [-0.05, 0) is 64.2 Å². The van der Waals surface area contributed by atoms with E-state index in [9.17, 15) is 19.0 Å². The molecule has 68 heavy (non-hydrogen) atoms. The average molecular weight is 975 g/mol. The Kier molecular flexibility index (Phi) is 47.6. The van der Waals surface area contributed by atoms with Crippen LogP contribution >= 0.6 is 7.82 Å². The summed E-state index contributed by atoms with van der Waals surface area (Å²) in [6.07, 6.45) is 64.4. The summed E-state index contributed by atoms with van der Waals surface area (Å²) < 4.78 is 34.3. The van der Waals surface area contributed by atoms with Crippen LogP contribution in [0.1, 0.15) is 232 Å². The van der Waals surface area contributed by atoms with Gasteiger partial charge in [-0.15, -0.1) is 0 Å². The van der Waals surface area contributed by atoms with E-state index in [2.05, 4.69) is 86.8 Å². The molecule has 2 unspecified atom stereocenters. The number of quaternary nitrogens is 1. The maximum Gasteiger partial charge on any atom is 0.472 e. The number of allylic oxidation sites excluding steroid dienone is 12. The standard InChI is InChI=1S/C58H104NO8P/c1-6-8-10-12-14-15-16-17-18-19-20-21-22-23-24-25-26-27-28-29-30-31-32-33-34-35-36-37-38-39-40-41-42-43-45-47-49-51-58(61)67-56(55-66-68(62,63)65-53-52-59(3,4)5)54-64-57(60)50-48-46-44-13-11-9-7-2/h8,10,14-15,17-18,20-21,23-24,26-27,56H,6-7,9,11-13,16,19,22,25,28-55H2,1-5H3/p+1/b10-8-,15-14-,18-17-,21-20-,24-23-,27-26-. The van der Waals surface area contributed by atoms with Gasteiger partial charge in [0.05, 0.1) is 27.7 Å². The number of rotatable bonds is 50. The van der Waals surface area contributed by atoms with Crippen molar-refractivity contribution >= 4 is 19.8 Å². The third-order valence-electron chi connectivity index (χ3n) is 11.8. The Morgan fingerprint density at radius 3 is 1.25 bits per heavy atom. The Morgan fingerprint density at radius 2 is 0.838 bits per heavy atom. The number of carbonyl (C=O) groups excluding carboxylic acids is 2. The van der Waals surface area contributed by atoms with Gasteiger partial charge < -0.3 is 18.9 Å². The first-order chi connectivity index (χ1) is 33.0. The highest BCUT2D eigenvalue weighted by molar-refractivity contribution is 7.47. The number of unbranched alkanes of at least 4 members (excludes halogenated alkanes) is 24. The lowest BCUT2D eigenvalue weighted by Gasteiger charge is -2.24. The predicted molar refractivity (Wildman–Crippen MR) is 289 cm³/mol. The summed E-state index contributed by atoms with van der Waals surface area (Å²) in [6, 6.07) is 0. The van der Waals surface area contributed by atoms with Crippen molar-refractivity contribution in [1.82, 2.24) is 0 Å². The molecule has 0 rings (SSSR count). The molecule has 0 aromatic heterocycles. The molecule has 0 saturated carbocycles. The summed E-state index contributed by atoms with van der Waals surface area (Å²) >= 11 is 0. The van der Waals surface area contributed by atoms with Crippen LogP contribution in [-0.2, 0) is 32.7 Å². The molecule has 9 nitrogen and oxygen atoms in total. The second-order valence-corrected chi connectivity index (χ2v) is 21.0. The molecule has 0 aliphatic carbocycles. The normalized spacial score (nSPS) is 13.9. The van der Waals surface area contributed by atoms with Crippen LogP contribution in [0.4, 0.5) is 0 Å². The minimum absolute atomic E-state index is 0.0320. The fraction of sp³-hybridized carbons (Fsp3) is 0.759. The molecule has 394 valence electrons. The molecule has 1 N–H and O–H groups in total. The Morgan fingerprint density at radius 1 is 0.471 bits per heavy atom. The van der Waals surface area contributed by atoms with Crippen molar-refractivity contribution in [3.8, 4) is 0 Å². The molecular weight excluding hydrogens is 870 g/mol. The van der Waals surface area contributed by atoms with Gasteiger partial charge in [-0.25, -0.2) is 4.57 Å². The van der Waals surface area contributed by atoms with Gasteiger partial charge in [-0.1, -0.05) is 228 Å². The van der Waals surface area contributed by atoms with E-state index in [4.69, 9.17) is 18.5 Å². The second-order valence-electron chi connectivity index (χ2n) is 19.6. The van der Waals surface area contributed by atoms with Crippen LogP contribution in [0.2, 0.25) is 0 Å². The van der Waals surface area contributed by atoms with Gasteiger partial charge in [0.15, 0.2) is 6.10 Å². The molecule has 0 bridgehead atoms. The Hall–Kier alpha value is -2.55. The first kappa shape index (κ1) is 65.5. The Balaban J connectivity index is 3.88. The first-order valence-electron chi connectivity index (χ1n) is 27.7. The zero-order valence-electron chi connectivity index (χ0n) is 44.6. The number of nitrogens with zero attached hydrogens (tertiary/aromatic N) is 1. The van der Waals surface area contributed by atoms with E-state index in [1.165, 1.54) is 128 Å². The summed E-state index contributed by atoms with van der Waals surface area (Å²) in [5, 5.41) is 0. The molecule has 0 aliphatic heterocycles. The topological polar surface area (TPSA) is 108 Å². The van der Waals surface area contributed by atoms with Crippen molar-refractivity contribution in [2.24, 2.45) is 0 Å². The van der Waals surface area contributed by atoms with E-state index >= 15 is 0 Å². The third-order valence-corrected chi connectivity index (χ3v) is 12.7. The van der Waals surface area contributed by atoms with Crippen LogP contribution in [-0.4, -0.2) is 74.9 Å². The van der Waals surface area contributed by atoms with Crippen molar-refractivity contribution in [2.45, 2.75) is 238 Å². The molecule has 0 aromatic rings. The highest BCUT2D eigenvalue weighted by Crippen LogP contribution is 2.43.